The molecule has 12 heavy (non-hydrogen) atoms. The van der Waals surface area contributed by atoms with Crippen LogP contribution in [0.4, 0.5) is 0 Å². The van der Waals surface area contributed by atoms with Crippen molar-refractivity contribution in [2.75, 3.05) is 26.2 Å². The molecule has 4 nitrogen and oxygen atoms in total. The molecule has 1 amide bonds. The third kappa shape index (κ3) is 2.19. The maximum absolute atomic E-state index is 11.2. The summed E-state index contributed by atoms with van der Waals surface area (Å²) in [4.78, 5) is 13.0. The van der Waals surface area contributed by atoms with Crippen LogP contribution < -0.4 is 5.73 Å². The largest absolute Gasteiger partial charge is 0.396 e. The van der Waals surface area contributed by atoms with Crippen LogP contribution in [0.2, 0.25) is 0 Å². The van der Waals surface area contributed by atoms with Gasteiger partial charge in [0.05, 0.1) is 0 Å². The number of aliphatic hydroxyl groups is 1. The molecule has 1 rings (SSSR count). The normalized spacial score (nSPS) is 17.7. The minimum atomic E-state index is 0.171. The first-order chi connectivity index (χ1) is 5.77. The van der Waals surface area contributed by atoms with Crippen molar-refractivity contribution in [2.24, 2.45) is 11.7 Å². The van der Waals surface area contributed by atoms with Gasteiger partial charge in [0.25, 0.3) is 0 Å². The molecule has 1 saturated heterocycles. The molecule has 0 saturated carbocycles. The van der Waals surface area contributed by atoms with Crippen molar-refractivity contribution in [3.05, 3.63) is 0 Å². The Morgan fingerprint density at radius 3 is 2.75 bits per heavy atom. The van der Waals surface area contributed by atoms with Crippen molar-refractivity contribution in [1.29, 1.82) is 0 Å². The smallest absolute Gasteiger partial charge is 0.222 e. The summed E-state index contributed by atoms with van der Waals surface area (Å²) >= 11 is 0. The van der Waals surface area contributed by atoms with Gasteiger partial charge in [0.1, 0.15) is 0 Å². The highest BCUT2D eigenvalue weighted by atomic mass is 16.3. The van der Waals surface area contributed by atoms with E-state index >= 15 is 0 Å². The van der Waals surface area contributed by atoms with Crippen LogP contribution in [0.3, 0.4) is 0 Å². The third-order valence-corrected chi connectivity index (χ3v) is 2.16. The molecule has 0 unspecified atom stereocenters. The average molecular weight is 172 g/mol. The predicted octanol–water partition coefficient (Wildman–Crippen LogP) is -0.824. The van der Waals surface area contributed by atoms with Crippen molar-refractivity contribution in [3.63, 3.8) is 0 Å². The van der Waals surface area contributed by atoms with Gasteiger partial charge in [-0.05, 0) is 13.0 Å². The zero-order chi connectivity index (χ0) is 8.97. The zero-order valence-corrected chi connectivity index (χ0v) is 7.20. The van der Waals surface area contributed by atoms with Gasteiger partial charge in [0.2, 0.25) is 5.91 Å². The summed E-state index contributed by atoms with van der Waals surface area (Å²) in [6, 6.07) is 0. The maximum Gasteiger partial charge on any atom is 0.222 e. The van der Waals surface area contributed by atoms with Crippen LogP contribution >= 0.6 is 0 Å². The predicted molar refractivity (Wildman–Crippen MR) is 45.4 cm³/mol. The molecule has 0 aromatic rings. The van der Waals surface area contributed by atoms with Gasteiger partial charge < -0.3 is 15.7 Å². The van der Waals surface area contributed by atoms with Crippen LogP contribution in [0, 0.1) is 5.92 Å². The lowest BCUT2D eigenvalue weighted by Crippen LogP contribution is -2.51. The Labute approximate surface area is 72.3 Å². The van der Waals surface area contributed by atoms with E-state index in [9.17, 15) is 4.79 Å². The van der Waals surface area contributed by atoms with Gasteiger partial charge in [-0.3, -0.25) is 4.79 Å². The summed E-state index contributed by atoms with van der Waals surface area (Å²) in [6.45, 7) is 2.21. The Kier molecular flexibility index (Phi) is 3.49. The highest BCUT2D eigenvalue weighted by molar-refractivity contribution is 5.76. The Morgan fingerprint density at radius 1 is 1.58 bits per heavy atom. The second kappa shape index (κ2) is 4.42. The highest BCUT2D eigenvalue weighted by Gasteiger charge is 2.28. The fourth-order valence-electron chi connectivity index (χ4n) is 1.30. The molecule has 3 N–H and O–H groups in total. The van der Waals surface area contributed by atoms with E-state index in [-0.39, 0.29) is 12.5 Å². The SMILES string of the molecule is NCCCC(=O)N1CC(CO)C1. The molecule has 70 valence electrons. The number of carbonyl (C=O) groups is 1. The van der Waals surface area contributed by atoms with Crippen LogP contribution in [0.1, 0.15) is 12.8 Å². The summed E-state index contributed by atoms with van der Waals surface area (Å²) in [7, 11) is 0. The zero-order valence-electron chi connectivity index (χ0n) is 7.20. The van der Waals surface area contributed by atoms with Crippen molar-refractivity contribution < 1.29 is 9.90 Å². The van der Waals surface area contributed by atoms with E-state index in [1.165, 1.54) is 0 Å². The number of likely N-dealkylation sites (tertiary alicyclic amines) is 1. The molecule has 0 spiro atoms. The fraction of sp³-hybridized carbons (Fsp3) is 0.875. The molecular formula is C8H16N2O2. The van der Waals surface area contributed by atoms with E-state index in [4.69, 9.17) is 10.8 Å². The molecule has 0 aromatic carbocycles. The van der Waals surface area contributed by atoms with Crippen LogP contribution in [0.5, 0.6) is 0 Å². The lowest BCUT2D eigenvalue weighted by molar-refractivity contribution is -0.138. The van der Waals surface area contributed by atoms with Crippen molar-refractivity contribution in [2.45, 2.75) is 12.8 Å². The number of carbonyl (C=O) groups excluding carboxylic acids is 1. The molecule has 1 fully saturated rings. The second-order valence-corrected chi connectivity index (χ2v) is 3.24. The van der Waals surface area contributed by atoms with Gasteiger partial charge >= 0.3 is 0 Å². The third-order valence-electron chi connectivity index (χ3n) is 2.16. The Bertz CT molecular complexity index is 155. The molecule has 0 aromatic heterocycles. The molecule has 0 radical (unpaired) electrons. The maximum atomic E-state index is 11.2. The van der Waals surface area contributed by atoms with Gasteiger partial charge in [0.15, 0.2) is 0 Å². The van der Waals surface area contributed by atoms with E-state index in [0.717, 1.165) is 19.5 Å². The summed E-state index contributed by atoms with van der Waals surface area (Å²) in [5.74, 6) is 0.483. The number of amides is 1. The van der Waals surface area contributed by atoms with Crippen LogP contribution in [0.25, 0.3) is 0 Å². The number of rotatable bonds is 4. The van der Waals surface area contributed by atoms with E-state index in [1.807, 2.05) is 0 Å². The minimum absolute atomic E-state index is 0.171. The van der Waals surface area contributed by atoms with E-state index in [2.05, 4.69) is 0 Å². The topological polar surface area (TPSA) is 66.6 Å². The van der Waals surface area contributed by atoms with E-state index in [0.29, 0.717) is 18.9 Å². The number of hydrogen-bond donors (Lipinski definition) is 2. The first-order valence-corrected chi connectivity index (χ1v) is 4.36. The van der Waals surface area contributed by atoms with Crippen molar-refractivity contribution >= 4 is 5.91 Å². The summed E-state index contributed by atoms with van der Waals surface area (Å²) in [6.07, 6.45) is 1.31. The monoisotopic (exact) mass is 172 g/mol. The quantitative estimate of drug-likeness (QED) is 0.582. The van der Waals surface area contributed by atoms with Gasteiger partial charge in [-0.15, -0.1) is 0 Å². The first kappa shape index (κ1) is 9.48. The molecule has 1 aliphatic heterocycles. The molecule has 0 atom stereocenters. The number of hydrogen-bond acceptors (Lipinski definition) is 3. The summed E-state index contributed by atoms with van der Waals surface area (Å²) in [5.41, 5.74) is 5.28. The Hall–Kier alpha value is -0.610. The van der Waals surface area contributed by atoms with Crippen LogP contribution in [-0.2, 0) is 4.79 Å². The fourth-order valence-corrected chi connectivity index (χ4v) is 1.30. The average Bonchev–Trinajstić information content (AvgIpc) is 1.99. The van der Waals surface area contributed by atoms with Gasteiger partial charge in [0, 0.05) is 32.0 Å². The van der Waals surface area contributed by atoms with Gasteiger partial charge in [-0.25, -0.2) is 0 Å². The Balaban J connectivity index is 2.11. The molecule has 0 bridgehead atoms. The van der Waals surface area contributed by atoms with E-state index in [1.54, 1.807) is 4.90 Å². The number of aliphatic hydroxyl groups excluding tert-OH is 1. The van der Waals surface area contributed by atoms with Gasteiger partial charge in [-0.2, -0.15) is 0 Å². The van der Waals surface area contributed by atoms with Crippen LogP contribution in [-0.4, -0.2) is 42.2 Å². The van der Waals surface area contributed by atoms with Crippen molar-refractivity contribution in [1.82, 2.24) is 4.90 Å². The second-order valence-electron chi connectivity index (χ2n) is 3.24. The standard InChI is InChI=1S/C8H16N2O2/c9-3-1-2-8(12)10-4-7(5-10)6-11/h7,11H,1-6,9H2. The molecule has 0 aliphatic carbocycles. The highest BCUT2D eigenvalue weighted by Crippen LogP contribution is 2.15. The Morgan fingerprint density at radius 2 is 2.25 bits per heavy atom. The lowest BCUT2D eigenvalue weighted by Gasteiger charge is -2.38. The van der Waals surface area contributed by atoms with Gasteiger partial charge in [-0.1, -0.05) is 0 Å². The minimum Gasteiger partial charge on any atom is -0.396 e. The van der Waals surface area contributed by atoms with Crippen molar-refractivity contribution in [3.8, 4) is 0 Å². The molecule has 1 heterocycles. The summed E-state index contributed by atoms with van der Waals surface area (Å²) in [5, 5.41) is 8.70. The number of nitrogens with zero attached hydrogens (tertiary/aromatic N) is 1. The van der Waals surface area contributed by atoms with E-state index < -0.39 is 0 Å². The van der Waals surface area contributed by atoms with Crippen LogP contribution in [0.15, 0.2) is 0 Å². The first-order valence-electron chi connectivity index (χ1n) is 4.36. The molecule has 4 heteroatoms. The number of nitrogens with two attached hydrogens (primary N) is 1. The lowest BCUT2D eigenvalue weighted by atomic mass is 10.0. The molecular weight excluding hydrogens is 156 g/mol. The summed E-state index contributed by atoms with van der Waals surface area (Å²) < 4.78 is 0. The molecule has 1 aliphatic rings.